The lowest BCUT2D eigenvalue weighted by Crippen LogP contribution is -2.32. The molecule has 2 aromatic rings. The van der Waals surface area contributed by atoms with E-state index in [0.717, 1.165) is 27.5 Å². The van der Waals surface area contributed by atoms with E-state index in [1.165, 1.54) is 0 Å². The van der Waals surface area contributed by atoms with Gasteiger partial charge in [0.25, 0.3) is 0 Å². The van der Waals surface area contributed by atoms with Gasteiger partial charge in [0, 0.05) is 16.4 Å². The van der Waals surface area contributed by atoms with Gasteiger partial charge in [-0.1, -0.05) is 84.1 Å². The third kappa shape index (κ3) is 5.55. The van der Waals surface area contributed by atoms with E-state index < -0.39 is 11.4 Å². The normalized spacial score (nSPS) is 15.8. The number of benzene rings is 2. The van der Waals surface area contributed by atoms with Gasteiger partial charge in [-0.25, -0.2) is 0 Å². The van der Waals surface area contributed by atoms with Crippen LogP contribution < -0.4 is 0 Å². The predicted molar refractivity (Wildman–Crippen MR) is 114 cm³/mol. The summed E-state index contributed by atoms with van der Waals surface area (Å²) in [5, 5.41) is 19.5. The van der Waals surface area contributed by atoms with Gasteiger partial charge < -0.3 is 10.2 Å². The summed E-state index contributed by atoms with van der Waals surface area (Å²) in [7, 11) is 0. The van der Waals surface area contributed by atoms with Gasteiger partial charge in [-0.05, 0) is 42.9 Å². The number of carboxylic acids is 1. The maximum atomic E-state index is 12.0. The molecule has 0 aromatic heterocycles. The molecule has 0 bridgehead atoms. The molecule has 0 amide bonds. The summed E-state index contributed by atoms with van der Waals surface area (Å²) in [6.45, 7) is 4.03. The molecule has 0 heterocycles. The first-order chi connectivity index (χ1) is 12.3. The molecule has 4 heteroatoms. The largest absolute Gasteiger partial charge is 0.481 e. The molecule has 0 aliphatic rings. The summed E-state index contributed by atoms with van der Waals surface area (Å²) in [6.07, 6.45) is 1.75. The van der Waals surface area contributed by atoms with Crippen molar-refractivity contribution in [2.45, 2.75) is 33.1 Å². The number of aliphatic hydroxyl groups is 1. The van der Waals surface area contributed by atoms with Crippen molar-refractivity contribution in [3.8, 4) is 0 Å². The second-order valence-corrected chi connectivity index (χ2v) is 8.57. The molecular formula is C22H27IO3. The van der Waals surface area contributed by atoms with Crippen molar-refractivity contribution in [3.05, 3.63) is 71.3 Å². The molecule has 2 N–H and O–H groups in total. The maximum Gasteiger partial charge on any atom is 0.310 e. The van der Waals surface area contributed by atoms with E-state index in [9.17, 15) is 15.0 Å². The van der Waals surface area contributed by atoms with Crippen molar-refractivity contribution < 1.29 is 15.0 Å². The van der Waals surface area contributed by atoms with Crippen LogP contribution in [0.15, 0.2) is 54.6 Å². The minimum absolute atomic E-state index is 0.140. The predicted octanol–water partition coefficient (Wildman–Crippen LogP) is 4.54. The Kier molecular flexibility index (Phi) is 7.24. The zero-order valence-corrected chi connectivity index (χ0v) is 17.6. The van der Waals surface area contributed by atoms with Crippen LogP contribution in [0.4, 0.5) is 0 Å². The Labute approximate surface area is 169 Å². The highest BCUT2D eigenvalue weighted by atomic mass is 127. The monoisotopic (exact) mass is 466 g/mol. The quantitative estimate of drug-likeness (QED) is 0.422. The first-order valence-electron chi connectivity index (χ1n) is 8.82. The SMILES string of the molecule is CC(CO)(CI)Cc1cccc(CC(C)(Cc2ccccc2)C(=O)O)c1. The van der Waals surface area contributed by atoms with Crippen molar-refractivity contribution >= 4 is 28.6 Å². The van der Waals surface area contributed by atoms with Gasteiger partial charge in [0.1, 0.15) is 0 Å². The highest BCUT2D eigenvalue weighted by molar-refractivity contribution is 14.1. The van der Waals surface area contributed by atoms with Crippen LogP contribution in [0.3, 0.4) is 0 Å². The maximum absolute atomic E-state index is 12.0. The van der Waals surface area contributed by atoms with E-state index in [-0.39, 0.29) is 12.0 Å². The Bertz CT molecular complexity index is 725. The first kappa shape index (κ1) is 20.9. The molecule has 0 aliphatic heterocycles. The van der Waals surface area contributed by atoms with Gasteiger partial charge in [-0.3, -0.25) is 4.79 Å². The number of aliphatic hydroxyl groups excluding tert-OH is 1. The Morgan fingerprint density at radius 3 is 2.00 bits per heavy atom. The van der Waals surface area contributed by atoms with Crippen LogP contribution >= 0.6 is 22.6 Å². The van der Waals surface area contributed by atoms with Crippen LogP contribution in [-0.4, -0.2) is 27.2 Å². The highest BCUT2D eigenvalue weighted by Crippen LogP contribution is 2.30. The Morgan fingerprint density at radius 2 is 1.46 bits per heavy atom. The average molecular weight is 466 g/mol. The molecule has 2 rings (SSSR count). The van der Waals surface area contributed by atoms with Crippen LogP contribution in [0, 0.1) is 10.8 Å². The lowest BCUT2D eigenvalue weighted by atomic mass is 9.77. The van der Waals surface area contributed by atoms with Crippen LogP contribution in [0.5, 0.6) is 0 Å². The number of hydrogen-bond donors (Lipinski definition) is 2. The molecule has 26 heavy (non-hydrogen) atoms. The number of carbonyl (C=O) groups is 1. The highest BCUT2D eigenvalue weighted by Gasteiger charge is 2.33. The fraction of sp³-hybridized carbons (Fsp3) is 0.409. The smallest absolute Gasteiger partial charge is 0.310 e. The summed E-state index contributed by atoms with van der Waals surface area (Å²) in [5.74, 6) is -0.779. The lowest BCUT2D eigenvalue weighted by Gasteiger charge is -2.27. The van der Waals surface area contributed by atoms with E-state index in [2.05, 4.69) is 41.6 Å². The molecule has 0 saturated carbocycles. The number of rotatable bonds is 9. The zero-order chi connectivity index (χ0) is 19.2. The lowest BCUT2D eigenvalue weighted by molar-refractivity contribution is -0.147. The van der Waals surface area contributed by atoms with Gasteiger partial charge in [0.15, 0.2) is 0 Å². The van der Waals surface area contributed by atoms with Gasteiger partial charge in [-0.2, -0.15) is 0 Å². The fourth-order valence-electron chi connectivity index (χ4n) is 3.20. The zero-order valence-electron chi connectivity index (χ0n) is 15.4. The number of halogens is 1. The van der Waals surface area contributed by atoms with Gasteiger partial charge in [0.2, 0.25) is 0 Å². The van der Waals surface area contributed by atoms with Crippen LogP contribution in [-0.2, 0) is 24.1 Å². The van der Waals surface area contributed by atoms with E-state index >= 15 is 0 Å². The van der Waals surface area contributed by atoms with E-state index in [1.54, 1.807) is 0 Å². The Balaban J connectivity index is 2.21. The minimum atomic E-state index is -0.858. The van der Waals surface area contributed by atoms with Gasteiger partial charge in [0.05, 0.1) is 5.41 Å². The average Bonchev–Trinajstić information content (AvgIpc) is 2.62. The van der Waals surface area contributed by atoms with Gasteiger partial charge >= 0.3 is 5.97 Å². The Morgan fingerprint density at radius 1 is 0.923 bits per heavy atom. The number of aliphatic carboxylic acids is 1. The van der Waals surface area contributed by atoms with Gasteiger partial charge in [-0.15, -0.1) is 0 Å². The molecule has 0 aliphatic carbocycles. The molecular weight excluding hydrogens is 439 g/mol. The molecule has 0 fully saturated rings. The van der Waals surface area contributed by atoms with Crippen molar-refractivity contribution in [2.24, 2.45) is 10.8 Å². The third-order valence-electron chi connectivity index (χ3n) is 4.87. The molecule has 0 radical (unpaired) electrons. The number of hydrogen-bond acceptors (Lipinski definition) is 2. The van der Waals surface area contributed by atoms with Crippen molar-refractivity contribution in [1.29, 1.82) is 0 Å². The molecule has 2 unspecified atom stereocenters. The van der Waals surface area contributed by atoms with Crippen molar-refractivity contribution in [2.75, 3.05) is 11.0 Å². The van der Waals surface area contributed by atoms with E-state index in [4.69, 9.17) is 0 Å². The van der Waals surface area contributed by atoms with E-state index in [0.29, 0.717) is 12.8 Å². The summed E-state index contributed by atoms with van der Waals surface area (Å²) >= 11 is 2.31. The third-order valence-corrected chi connectivity index (χ3v) is 6.72. The van der Waals surface area contributed by atoms with Crippen LogP contribution in [0.1, 0.15) is 30.5 Å². The first-order valence-corrected chi connectivity index (χ1v) is 10.3. The summed E-state index contributed by atoms with van der Waals surface area (Å²) in [5.41, 5.74) is 2.19. The second kappa shape index (κ2) is 9.00. The van der Waals surface area contributed by atoms with Crippen LogP contribution in [0.2, 0.25) is 0 Å². The summed E-state index contributed by atoms with van der Waals surface area (Å²) < 4.78 is 0.867. The molecule has 2 aromatic carbocycles. The standard InChI is InChI=1S/C22H27IO3/c1-21(15-23,16-24)12-18-9-6-10-19(11-18)14-22(2,20(25)26)13-17-7-4-3-5-8-17/h3-11,24H,12-16H2,1-2H3,(H,25,26). The Hall–Kier alpha value is -1.40. The summed E-state index contributed by atoms with van der Waals surface area (Å²) in [4.78, 5) is 12.0. The van der Waals surface area contributed by atoms with Crippen molar-refractivity contribution in [3.63, 3.8) is 0 Å². The van der Waals surface area contributed by atoms with E-state index in [1.807, 2.05) is 49.4 Å². The van der Waals surface area contributed by atoms with Crippen molar-refractivity contribution in [1.82, 2.24) is 0 Å². The topological polar surface area (TPSA) is 57.5 Å². The molecule has 2 atom stereocenters. The molecule has 0 spiro atoms. The minimum Gasteiger partial charge on any atom is -0.481 e. The fourth-order valence-corrected chi connectivity index (χ4v) is 3.71. The molecule has 0 saturated heterocycles. The van der Waals surface area contributed by atoms with Crippen LogP contribution in [0.25, 0.3) is 0 Å². The second-order valence-electron chi connectivity index (χ2n) is 7.80. The number of carboxylic acid groups (broad SMARTS) is 1. The number of alkyl halides is 1. The summed E-state index contributed by atoms with van der Waals surface area (Å²) in [6, 6.07) is 17.9. The molecule has 140 valence electrons. The molecule has 3 nitrogen and oxygen atoms in total.